The second-order valence-electron chi connectivity index (χ2n) is 4.82. The Morgan fingerprint density at radius 3 is 2.94 bits per heavy atom. The van der Waals surface area contributed by atoms with Gasteiger partial charge in [0.2, 0.25) is 0 Å². The van der Waals surface area contributed by atoms with Gasteiger partial charge in [-0.3, -0.25) is 4.90 Å². The van der Waals surface area contributed by atoms with Gasteiger partial charge in [-0.1, -0.05) is 11.6 Å². The number of anilines is 1. The van der Waals surface area contributed by atoms with Crippen LogP contribution in [0.25, 0.3) is 0 Å². The molecule has 17 heavy (non-hydrogen) atoms. The van der Waals surface area contributed by atoms with Gasteiger partial charge in [-0.2, -0.15) is 0 Å². The van der Waals surface area contributed by atoms with E-state index in [1.807, 2.05) is 12.1 Å². The minimum Gasteiger partial charge on any atom is -0.392 e. The highest BCUT2D eigenvalue weighted by molar-refractivity contribution is 6.30. The Kier molecular flexibility index (Phi) is 2.94. The molecular formula is C12H16ClN3O. The number of nitrogens with zero attached hydrogens (tertiary/aromatic N) is 3. The summed E-state index contributed by atoms with van der Waals surface area (Å²) in [5.41, 5.74) is 0. The lowest BCUT2D eigenvalue weighted by Crippen LogP contribution is -2.50. The Bertz CT molecular complexity index is 397. The van der Waals surface area contributed by atoms with Gasteiger partial charge < -0.3 is 10.0 Å². The SMILES string of the molecule is O[C@@H]1C[C@H]2CN(c3ccc(Cl)cn3)CCN2C1. The highest BCUT2D eigenvalue weighted by atomic mass is 35.5. The van der Waals surface area contributed by atoms with Crippen molar-refractivity contribution >= 4 is 17.4 Å². The van der Waals surface area contributed by atoms with Crippen LogP contribution in [0, 0.1) is 0 Å². The zero-order valence-corrected chi connectivity index (χ0v) is 10.3. The number of aliphatic hydroxyl groups excluding tert-OH is 1. The number of hydrogen-bond donors (Lipinski definition) is 1. The van der Waals surface area contributed by atoms with E-state index in [-0.39, 0.29) is 6.10 Å². The molecule has 4 nitrogen and oxygen atoms in total. The highest BCUT2D eigenvalue weighted by Crippen LogP contribution is 2.25. The topological polar surface area (TPSA) is 39.6 Å². The highest BCUT2D eigenvalue weighted by Gasteiger charge is 2.35. The predicted molar refractivity (Wildman–Crippen MR) is 67.4 cm³/mol. The third kappa shape index (κ3) is 2.25. The van der Waals surface area contributed by atoms with Gasteiger partial charge in [-0.25, -0.2) is 4.98 Å². The van der Waals surface area contributed by atoms with Crippen LogP contribution in [0.5, 0.6) is 0 Å². The Morgan fingerprint density at radius 1 is 1.29 bits per heavy atom. The van der Waals surface area contributed by atoms with Crippen molar-refractivity contribution < 1.29 is 5.11 Å². The van der Waals surface area contributed by atoms with E-state index >= 15 is 0 Å². The van der Waals surface area contributed by atoms with Crippen molar-refractivity contribution in [1.29, 1.82) is 0 Å². The standard InChI is InChI=1S/C12H16ClN3O/c13-9-1-2-12(14-6-9)16-4-3-15-8-11(17)5-10(15)7-16/h1-2,6,10-11,17H,3-5,7-8H2/t10-,11+/m0/s1. The van der Waals surface area contributed by atoms with Gasteiger partial charge in [0, 0.05) is 38.4 Å². The van der Waals surface area contributed by atoms with Crippen molar-refractivity contribution in [3.05, 3.63) is 23.4 Å². The summed E-state index contributed by atoms with van der Waals surface area (Å²) < 4.78 is 0. The molecule has 0 bridgehead atoms. The number of piperazine rings is 1. The molecule has 0 unspecified atom stereocenters. The van der Waals surface area contributed by atoms with Crippen LogP contribution < -0.4 is 4.90 Å². The van der Waals surface area contributed by atoms with Gasteiger partial charge in [-0.05, 0) is 18.6 Å². The first-order chi connectivity index (χ1) is 8.22. The average molecular weight is 254 g/mol. The van der Waals surface area contributed by atoms with Crippen molar-refractivity contribution in [3.8, 4) is 0 Å². The first-order valence-corrected chi connectivity index (χ1v) is 6.39. The summed E-state index contributed by atoms with van der Waals surface area (Å²) in [4.78, 5) is 8.99. The maximum Gasteiger partial charge on any atom is 0.128 e. The molecule has 1 aromatic rings. The molecule has 3 heterocycles. The number of fused-ring (bicyclic) bond motifs is 1. The first kappa shape index (κ1) is 11.3. The monoisotopic (exact) mass is 253 g/mol. The summed E-state index contributed by atoms with van der Waals surface area (Å²) in [6.45, 7) is 3.75. The van der Waals surface area contributed by atoms with Gasteiger partial charge in [0.25, 0.3) is 0 Å². The van der Waals surface area contributed by atoms with Crippen LogP contribution in [-0.2, 0) is 0 Å². The van der Waals surface area contributed by atoms with Crippen LogP contribution in [0.1, 0.15) is 6.42 Å². The molecule has 0 spiro atoms. The molecule has 1 aromatic heterocycles. The lowest BCUT2D eigenvalue weighted by atomic mass is 10.1. The average Bonchev–Trinajstić information content (AvgIpc) is 2.69. The van der Waals surface area contributed by atoms with Gasteiger partial charge in [0.05, 0.1) is 11.1 Å². The van der Waals surface area contributed by atoms with Crippen molar-refractivity contribution in [1.82, 2.24) is 9.88 Å². The van der Waals surface area contributed by atoms with Crippen LogP contribution >= 0.6 is 11.6 Å². The zero-order valence-electron chi connectivity index (χ0n) is 9.59. The van der Waals surface area contributed by atoms with Crippen LogP contribution in [0.3, 0.4) is 0 Å². The van der Waals surface area contributed by atoms with E-state index in [4.69, 9.17) is 11.6 Å². The fourth-order valence-corrected chi connectivity index (χ4v) is 2.89. The summed E-state index contributed by atoms with van der Waals surface area (Å²) >= 11 is 5.84. The molecule has 2 saturated heterocycles. The molecule has 0 aromatic carbocycles. The molecule has 5 heteroatoms. The number of aromatic nitrogens is 1. The van der Waals surface area contributed by atoms with Crippen LogP contribution in [-0.4, -0.2) is 53.3 Å². The Morgan fingerprint density at radius 2 is 2.18 bits per heavy atom. The maximum atomic E-state index is 9.66. The number of rotatable bonds is 1. The smallest absolute Gasteiger partial charge is 0.128 e. The van der Waals surface area contributed by atoms with Crippen LogP contribution in [0.15, 0.2) is 18.3 Å². The Hall–Kier alpha value is -0.840. The molecule has 2 fully saturated rings. The minimum atomic E-state index is -0.155. The molecule has 0 saturated carbocycles. The van der Waals surface area contributed by atoms with E-state index in [2.05, 4.69) is 14.8 Å². The molecule has 92 valence electrons. The van der Waals surface area contributed by atoms with Gasteiger partial charge in [-0.15, -0.1) is 0 Å². The minimum absolute atomic E-state index is 0.155. The fourth-order valence-electron chi connectivity index (χ4n) is 2.78. The summed E-state index contributed by atoms with van der Waals surface area (Å²) in [5.74, 6) is 0.982. The fraction of sp³-hybridized carbons (Fsp3) is 0.583. The van der Waals surface area contributed by atoms with Gasteiger partial charge in [0.15, 0.2) is 0 Å². The second kappa shape index (κ2) is 4.44. The molecule has 0 radical (unpaired) electrons. The quantitative estimate of drug-likeness (QED) is 0.810. The molecular weight excluding hydrogens is 238 g/mol. The van der Waals surface area contributed by atoms with E-state index in [0.717, 1.165) is 38.4 Å². The number of pyridine rings is 1. The van der Waals surface area contributed by atoms with E-state index in [9.17, 15) is 5.11 Å². The molecule has 0 amide bonds. The summed E-state index contributed by atoms with van der Waals surface area (Å²) in [5, 5.41) is 10.3. The molecule has 3 rings (SSSR count). The van der Waals surface area contributed by atoms with E-state index < -0.39 is 0 Å². The van der Waals surface area contributed by atoms with E-state index in [1.165, 1.54) is 0 Å². The Labute approximate surface area is 106 Å². The third-order valence-electron chi connectivity index (χ3n) is 3.63. The van der Waals surface area contributed by atoms with Crippen LogP contribution in [0.4, 0.5) is 5.82 Å². The molecule has 1 N–H and O–H groups in total. The molecule has 2 aliphatic rings. The second-order valence-corrected chi connectivity index (χ2v) is 5.26. The molecule has 2 aliphatic heterocycles. The number of aliphatic hydroxyl groups is 1. The van der Waals surface area contributed by atoms with E-state index in [0.29, 0.717) is 11.1 Å². The van der Waals surface area contributed by atoms with Crippen LogP contribution in [0.2, 0.25) is 5.02 Å². The normalized spacial score (nSPS) is 29.4. The van der Waals surface area contributed by atoms with Crippen molar-refractivity contribution in [3.63, 3.8) is 0 Å². The van der Waals surface area contributed by atoms with Gasteiger partial charge >= 0.3 is 0 Å². The number of hydrogen-bond acceptors (Lipinski definition) is 4. The van der Waals surface area contributed by atoms with Crippen molar-refractivity contribution in [2.24, 2.45) is 0 Å². The summed E-state index contributed by atoms with van der Waals surface area (Å²) in [6, 6.07) is 4.31. The van der Waals surface area contributed by atoms with Gasteiger partial charge in [0.1, 0.15) is 5.82 Å². The first-order valence-electron chi connectivity index (χ1n) is 6.01. The third-order valence-corrected chi connectivity index (χ3v) is 3.85. The van der Waals surface area contributed by atoms with Crippen molar-refractivity contribution in [2.45, 2.75) is 18.6 Å². The van der Waals surface area contributed by atoms with Crippen molar-refractivity contribution in [2.75, 3.05) is 31.1 Å². The largest absolute Gasteiger partial charge is 0.392 e. The lowest BCUT2D eigenvalue weighted by molar-refractivity contribution is 0.173. The summed E-state index contributed by atoms with van der Waals surface area (Å²) in [6.07, 6.45) is 2.41. The summed E-state index contributed by atoms with van der Waals surface area (Å²) in [7, 11) is 0. The Balaban J connectivity index is 1.72. The molecule has 2 atom stereocenters. The number of halogens is 1. The van der Waals surface area contributed by atoms with E-state index in [1.54, 1.807) is 6.20 Å². The predicted octanol–water partition coefficient (Wildman–Crippen LogP) is 0.990. The lowest BCUT2D eigenvalue weighted by Gasteiger charge is -2.37. The maximum absolute atomic E-state index is 9.66. The zero-order chi connectivity index (χ0) is 11.8. The molecule has 0 aliphatic carbocycles.